The molecule has 0 bridgehead atoms. The first kappa shape index (κ1) is 24.4. The first-order valence-corrected chi connectivity index (χ1v) is 13.7. The van der Waals surface area contributed by atoms with Crippen molar-refractivity contribution in [3.63, 3.8) is 0 Å². The largest absolute Gasteiger partial charge is 0.457 e. The molecule has 4 aromatic rings. The van der Waals surface area contributed by atoms with Crippen molar-refractivity contribution >= 4 is 55.6 Å². The van der Waals surface area contributed by atoms with E-state index in [4.69, 9.17) is 4.74 Å². The molecule has 0 saturated carbocycles. The predicted molar refractivity (Wildman–Crippen MR) is 152 cm³/mol. The van der Waals surface area contributed by atoms with E-state index in [1.54, 1.807) is 16.0 Å². The zero-order chi connectivity index (χ0) is 26.2. The summed E-state index contributed by atoms with van der Waals surface area (Å²) < 4.78 is 5.99. The summed E-state index contributed by atoms with van der Waals surface area (Å²) in [6.07, 6.45) is 3.58. The monoisotopic (exact) mass is 527 g/mol. The Kier molecular flexibility index (Phi) is 6.47. The van der Waals surface area contributed by atoms with Gasteiger partial charge in [0.15, 0.2) is 0 Å². The molecule has 1 atom stereocenters. The first-order valence-electron chi connectivity index (χ1n) is 12.9. The Morgan fingerprint density at radius 3 is 2.74 bits per heavy atom. The number of nitrogens with zero attached hydrogens (tertiary/aromatic N) is 3. The number of aromatic nitrogens is 1. The van der Waals surface area contributed by atoms with Crippen molar-refractivity contribution in [3.8, 4) is 11.5 Å². The highest BCUT2D eigenvalue weighted by atomic mass is 32.1. The number of urea groups is 1. The Labute approximate surface area is 225 Å². The van der Waals surface area contributed by atoms with Crippen molar-refractivity contribution < 1.29 is 14.3 Å². The smallest absolute Gasteiger partial charge is 0.331 e. The number of hydrogen-bond acceptors (Lipinski definition) is 6. The molecule has 9 heteroatoms. The van der Waals surface area contributed by atoms with Gasteiger partial charge in [0.05, 0.1) is 28.4 Å². The Morgan fingerprint density at radius 1 is 1.16 bits per heavy atom. The molecular weight excluding hydrogens is 498 g/mol. The third-order valence-corrected chi connectivity index (χ3v) is 8.21. The maximum absolute atomic E-state index is 13.6. The number of hydrogen-bond donors (Lipinski definition) is 2. The molecule has 2 aromatic heterocycles. The lowest BCUT2D eigenvalue weighted by Gasteiger charge is -2.32. The van der Waals surface area contributed by atoms with Crippen LogP contribution in [0, 0.1) is 12.8 Å². The average Bonchev–Trinajstić information content (AvgIpc) is 3.30. The van der Waals surface area contributed by atoms with Crippen LogP contribution in [0.3, 0.4) is 0 Å². The molecule has 38 heavy (non-hydrogen) atoms. The number of thiophene rings is 1. The van der Waals surface area contributed by atoms with E-state index in [1.807, 2.05) is 68.4 Å². The van der Waals surface area contributed by atoms with Crippen LogP contribution < -0.4 is 25.2 Å². The lowest BCUT2D eigenvalue weighted by molar-refractivity contribution is -0.122. The molecule has 1 saturated heterocycles. The molecule has 1 fully saturated rings. The molecular formula is C29H29N5O3S. The van der Waals surface area contributed by atoms with Gasteiger partial charge in [0.25, 0.3) is 0 Å². The van der Waals surface area contributed by atoms with Crippen molar-refractivity contribution in [1.29, 1.82) is 0 Å². The maximum Gasteiger partial charge on any atom is 0.331 e. The Balaban J connectivity index is 1.37. The van der Waals surface area contributed by atoms with Crippen LogP contribution in [0.25, 0.3) is 10.2 Å². The van der Waals surface area contributed by atoms with Gasteiger partial charge in [0, 0.05) is 19.3 Å². The van der Waals surface area contributed by atoms with Gasteiger partial charge < -0.3 is 20.3 Å². The molecule has 194 valence electrons. The van der Waals surface area contributed by atoms with Gasteiger partial charge in [-0.1, -0.05) is 29.5 Å². The van der Waals surface area contributed by atoms with Gasteiger partial charge in [-0.25, -0.2) is 9.78 Å². The fourth-order valence-electron chi connectivity index (χ4n) is 5.25. The number of ether oxygens (including phenoxy) is 1. The summed E-state index contributed by atoms with van der Waals surface area (Å²) in [4.78, 5) is 36.0. The summed E-state index contributed by atoms with van der Waals surface area (Å²) in [6.45, 7) is 6.08. The van der Waals surface area contributed by atoms with Gasteiger partial charge in [-0.05, 0) is 75.2 Å². The molecule has 8 nitrogen and oxygen atoms in total. The molecule has 6 rings (SSSR count). The van der Waals surface area contributed by atoms with Crippen LogP contribution in [0.2, 0.25) is 0 Å². The van der Waals surface area contributed by atoms with Crippen molar-refractivity contribution in [2.75, 3.05) is 34.8 Å². The summed E-state index contributed by atoms with van der Waals surface area (Å²) in [5.41, 5.74) is 3.06. The standard InChI is InChI=1S/C29H29N5O3S/c1-3-33(27(35)19-8-7-14-30-17-19)28-25-24-23(13-15-31-26(24)38-28)34(29(36)32-25)22-12-11-21(16-18(22)2)37-20-9-5-4-6-10-20/h4-6,9-13,15-16,19,30H,3,7-8,14,17H2,1-2H3,(H,32,36). The number of nitrogens with one attached hydrogen (secondary N) is 2. The number of para-hydroxylation sites is 1. The highest BCUT2D eigenvalue weighted by Gasteiger charge is 2.35. The molecule has 3 amide bonds. The molecule has 2 aliphatic rings. The zero-order valence-corrected chi connectivity index (χ0v) is 22.2. The number of carbonyl (C=O) groups is 2. The molecule has 2 N–H and O–H groups in total. The van der Waals surface area contributed by atoms with Gasteiger partial charge in [-0.15, -0.1) is 0 Å². The second-order valence-corrected chi connectivity index (χ2v) is 10.5. The predicted octanol–water partition coefficient (Wildman–Crippen LogP) is 6.43. The quantitative estimate of drug-likeness (QED) is 0.302. The van der Waals surface area contributed by atoms with Crippen LogP contribution in [-0.4, -0.2) is 36.6 Å². The third kappa shape index (κ3) is 4.27. The SMILES string of the molecule is CCN(C(=O)C1CCCNC1)c1sc2nccc3c2c1NC(=O)N3c1ccc(Oc2ccccc2)cc1C. The number of anilines is 4. The number of benzene rings is 2. The van der Waals surface area contributed by atoms with Crippen molar-refractivity contribution in [2.45, 2.75) is 26.7 Å². The molecule has 2 aliphatic heterocycles. The van der Waals surface area contributed by atoms with Gasteiger partial charge >= 0.3 is 6.03 Å². The van der Waals surface area contributed by atoms with Crippen molar-refractivity contribution in [2.24, 2.45) is 5.92 Å². The van der Waals surface area contributed by atoms with Crippen molar-refractivity contribution in [1.82, 2.24) is 10.3 Å². The van der Waals surface area contributed by atoms with Gasteiger partial charge in [-0.3, -0.25) is 9.69 Å². The number of pyridine rings is 1. The minimum absolute atomic E-state index is 0.0661. The van der Waals surface area contributed by atoms with Gasteiger partial charge in [-0.2, -0.15) is 0 Å². The molecule has 2 aromatic carbocycles. The van der Waals surface area contributed by atoms with E-state index in [0.29, 0.717) is 24.5 Å². The summed E-state index contributed by atoms with van der Waals surface area (Å²) >= 11 is 1.45. The van der Waals surface area contributed by atoms with E-state index < -0.39 is 0 Å². The van der Waals surface area contributed by atoms with Crippen LogP contribution >= 0.6 is 11.3 Å². The lowest BCUT2D eigenvalue weighted by atomic mass is 9.98. The van der Waals surface area contributed by atoms with Gasteiger partial charge in [0.2, 0.25) is 5.91 Å². The van der Waals surface area contributed by atoms with E-state index in [9.17, 15) is 9.59 Å². The summed E-state index contributed by atoms with van der Waals surface area (Å²) in [7, 11) is 0. The third-order valence-electron chi connectivity index (χ3n) is 7.09. The Bertz CT molecular complexity index is 1510. The molecule has 0 radical (unpaired) electrons. The topological polar surface area (TPSA) is 86.8 Å². The average molecular weight is 528 g/mol. The number of amides is 3. The molecule has 0 aliphatic carbocycles. The van der Waals surface area contributed by atoms with Crippen molar-refractivity contribution in [3.05, 3.63) is 66.4 Å². The van der Waals surface area contributed by atoms with Crippen LogP contribution in [0.15, 0.2) is 60.8 Å². The Hall–Kier alpha value is -3.95. The molecule has 4 heterocycles. The number of rotatable bonds is 6. The van der Waals surface area contributed by atoms with Gasteiger partial charge in [0.1, 0.15) is 21.3 Å². The van der Waals surface area contributed by atoms with Crippen LogP contribution in [0.4, 0.5) is 26.9 Å². The highest BCUT2D eigenvalue weighted by molar-refractivity contribution is 7.23. The number of carbonyl (C=O) groups excluding carboxylic acids is 2. The normalized spacial score (nSPS) is 16.8. The highest BCUT2D eigenvalue weighted by Crippen LogP contribution is 2.50. The minimum Gasteiger partial charge on any atom is -0.457 e. The summed E-state index contributed by atoms with van der Waals surface area (Å²) in [5, 5.41) is 8.02. The fourth-order valence-corrected chi connectivity index (χ4v) is 6.44. The van der Waals surface area contributed by atoms with Crippen LogP contribution in [-0.2, 0) is 4.79 Å². The second kappa shape index (κ2) is 10.1. The van der Waals surface area contributed by atoms with E-state index >= 15 is 0 Å². The van der Waals surface area contributed by atoms with E-state index in [1.165, 1.54) is 11.3 Å². The van der Waals surface area contributed by atoms with Crippen LogP contribution in [0.5, 0.6) is 11.5 Å². The maximum atomic E-state index is 13.6. The van der Waals surface area contributed by atoms with E-state index in [-0.39, 0.29) is 17.9 Å². The first-order chi connectivity index (χ1) is 18.5. The zero-order valence-electron chi connectivity index (χ0n) is 21.4. The fraction of sp³-hybridized carbons (Fsp3) is 0.276. The van der Waals surface area contributed by atoms with E-state index in [2.05, 4.69) is 15.6 Å². The number of piperidine rings is 1. The van der Waals surface area contributed by atoms with E-state index in [0.717, 1.165) is 57.3 Å². The number of aryl methyl sites for hydroxylation is 1. The molecule has 0 spiro atoms. The summed E-state index contributed by atoms with van der Waals surface area (Å²) in [5.74, 6) is 1.47. The lowest BCUT2D eigenvalue weighted by Crippen LogP contribution is -2.43. The molecule has 1 unspecified atom stereocenters. The Morgan fingerprint density at radius 2 is 2.00 bits per heavy atom. The minimum atomic E-state index is -0.271. The van der Waals surface area contributed by atoms with Crippen LogP contribution in [0.1, 0.15) is 25.3 Å². The second-order valence-electron chi connectivity index (χ2n) is 9.55. The summed E-state index contributed by atoms with van der Waals surface area (Å²) in [6, 6.07) is 16.9.